The van der Waals surface area contributed by atoms with Gasteiger partial charge in [-0.3, -0.25) is 0 Å². The second-order valence-corrected chi connectivity index (χ2v) is 11.9. The molecule has 42 heavy (non-hydrogen) atoms. The summed E-state index contributed by atoms with van der Waals surface area (Å²) in [5.74, 6) is 0.893. The van der Waals surface area contributed by atoms with Crippen LogP contribution in [0.4, 0.5) is 0 Å². The van der Waals surface area contributed by atoms with Crippen LogP contribution in [0, 0.1) is 0 Å². The number of rotatable bonds is 3. The molecule has 0 saturated heterocycles. The average Bonchev–Trinajstić information content (AvgIpc) is 3.66. The molecule has 0 radical (unpaired) electrons. The topological polar surface area (TPSA) is 13.1 Å². The Kier molecular flexibility index (Phi) is 5.13. The highest BCUT2D eigenvalue weighted by molar-refractivity contribution is 7.26. The zero-order valence-electron chi connectivity index (χ0n) is 22.7. The van der Waals surface area contributed by atoms with Crippen molar-refractivity contribution in [1.82, 2.24) is 0 Å². The van der Waals surface area contributed by atoms with Gasteiger partial charge in [-0.1, -0.05) is 127 Å². The van der Waals surface area contributed by atoms with Crippen LogP contribution in [0.5, 0.6) is 0 Å². The molecule has 0 aliphatic rings. The quantitative estimate of drug-likeness (QED) is 0.199. The number of hydrogen-bond acceptors (Lipinski definition) is 2. The maximum absolute atomic E-state index is 6.82. The molecule has 2 heteroatoms. The number of benzene rings is 7. The lowest BCUT2D eigenvalue weighted by Gasteiger charge is -2.18. The lowest BCUT2D eigenvalue weighted by atomic mass is 9.85. The van der Waals surface area contributed by atoms with E-state index in [1.165, 1.54) is 64.0 Å². The van der Waals surface area contributed by atoms with Gasteiger partial charge < -0.3 is 4.42 Å². The molecule has 0 unspecified atom stereocenters. The Morgan fingerprint density at radius 1 is 0.405 bits per heavy atom. The summed E-state index contributed by atoms with van der Waals surface area (Å²) in [5.41, 5.74) is 7.02. The Balaban J connectivity index is 1.48. The molecule has 0 saturated carbocycles. The first-order chi connectivity index (χ1) is 20.8. The van der Waals surface area contributed by atoms with Gasteiger partial charge in [-0.2, -0.15) is 0 Å². The van der Waals surface area contributed by atoms with Crippen molar-refractivity contribution < 1.29 is 4.42 Å². The van der Waals surface area contributed by atoms with E-state index in [0.717, 1.165) is 22.3 Å². The lowest BCUT2D eigenvalue weighted by molar-refractivity contribution is 0.635. The van der Waals surface area contributed by atoms with Crippen LogP contribution in [0.25, 0.3) is 86.3 Å². The molecule has 2 aromatic heterocycles. The minimum Gasteiger partial charge on any atom is -0.455 e. The smallest absolute Gasteiger partial charge is 0.144 e. The van der Waals surface area contributed by atoms with Gasteiger partial charge in [0.1, 0.15) is 11.3 Å². The summed E-state index contributed by atoms with van der Waals surface area (Å²) in [4.78, 5) is 0. The van der Waals surface area contributed by atoms with E-state index in [0.29, 0.717) is 0 Å². The van der Waals surface area contributed by atoms with Crippen molar-refractivity contribution >= 4 is 64.0 Å². The third kappa shape index (κ3) is 3.43. The molecule has 0 aliphatic carbocycles. The summed E-state index contributed by atoms with van der Waals surface area (Å²) in [7, 11) is 0. The Morgan fingerprint density at radius 2 is 0.929 bits per heavy atom. The molecule has 0 aliphatic heterocycles. The van der Waals surface area contributed by atoms with E-state index in [1.807, 2.05) is 11.3 Å². The van der Waals surface area contributed by atoms with Crippen molar-refractivity contribution in [2.45, 2.75) is 0 Å². The van der Waals surface area contributed by atoms with Crippen molar-refractivity contribution in [1.29, 1.82) is 0 Å². The maximum atomic E-state index is 6.82. The van der Waals surface area contributed by atoms with Crippen molar-refractivity contribution in [3.8, 4) is 33.6 Å². The summed E-state index contributed by atoms with van der Waals surface area (Å²) in [6.45, 7) is 0. The Bertz CT molecular complexity index is 2390. The second-order valence-electron chi connectivity index (χ2n) is 10.8. The van der Waals surface area contributed by atoms with Crippen LogP contribution in [-0.4, -0.2) is 0 Å². The molecule has 196 valence electrons. The van der Waals surface area contributed by atoms with Gasteiger partial charge in [-0.25, -0.2) is 0 Å². The third-order valence-electron chi connectivity index (χ3n) is 8.47. The molecule has 0 amide bonds. The number of furan rings is 1. The van der Waals surface area contributed by atoms with Crippen LogP contribution in [0.3, 0.4) is 0 Å². The molecule has 0 spiro atoms. The SMILES string of the molecule is c1ccc(-c2cc3c(-c4c5ccccc5c(-c5ccccc5)c5ccccc45)cc4sc5ccccc5c4c3o2)cc1. The molecule has 0 bridgehead atoms. The van der Waals surface area contributed by atoms with Crippen LogP contribution in [0.2, 0.25) is 0 Å². The van der Waals surface area contributed by atoms with Crippen molar-refractivity contribution in [2.75, 3.05) is 0 Å². The van der Waals surface area contributed by atoms with Crippen molar-refractivity contribution in [3.05, 3.63) is 146 Å². The van der Waals surface area contributed by atoms with E-state index < -0.39 is 0 Å². The number of thiophene rings is 1. The van der Waals surface area contributed by atoms with Gasteiger partial charge in [0.15, 0.2) is 0 Å². The van der Waals surface area contributed by atoms with E-state index in [4.69, 9.17) is 4.42 Å². The van der Waals surface area contributed by atoms with E-state index >= 15 is 0 Å². The fourth-order valence-corrected chi connectivity index (χ4v) is 7.82. The number of fused-ring (bicyclic) bond motifs is 7. The van der Waals surface area contributed by atoms with Gasteiger partial charge in [0, 0.05) is 31.1 Å². The van der Waals surface area contributed by atoms with E-state index in [2.05, 4.69) is 146 Å². The summed E-state index contributed by atoms with van der Waals surface area (Å²) in [6.07, 6.45) is 0. The minimum atomic E-state index is 0.893. The third-order valence-corrected chi connectivity index (χ3v) is 9.59. The molecule has 0 atom stereocenters. The fraction of sp³-hybridized carbons (Fsp3) is 0. The highest BCUT2D eigenvalue weighted by atomic mass is 32.1. The largest absolute Gasteiger partial charge is 0.455 e. The number of hydrogen-bond donors (Lipinski definition) is 0. The van der Waals surface area contributed by atoms with Crippen LogP contribution >= 0.6 is 11.3 Å². The molecule has 0 fully saturated rings. The maximum Gasteiger partial charge on any atom is 0.144 e. The zero-order valence-corrected chi connectivity index (χ0v) is 23.5. The molecule has 0 N–H and O–H groups in total. The predicted molar refractivity (Wildman–Crippen MR) is 180 cm³/mol. The van der Waals surface area contributed by atoms with Gasteiger partial charge in [0.05, 0.1) is 0 Å². The van der Waals surface area contributed by atoms with Crippen molar-refractivity contribution in [3.63, 3.8) is 0 Å². The van der Waals surface area contributed by atoms with Gasteiger partial charge in [0.25, 0.3) is 0 Å². The summed E-state index contributed by atoms with van der Waals surface area (Å²) in [6, 6.07) is 52.3. The van der Waals surface area contributed by atoms with Crippen molar-refractivity contribution in [2.24, 2.45) is 0 Å². The average molecular weight is 553 g/mol. The molecular formula is C40H24OS. The molecule has 9 aromatic rings. The summed E-state index contributed by atoms with van der Waals surface area (Å²) in [5, 5.41) is 8.61. The molecule has 9 rings (SSSR count). The standard InChI is InChI=1S/C40H24OS/c1-3-13-25(14-4-1)34-23-33-32(24-36-39(40(33)41-34)31-21-11-12-22-35(31)42-36)38-29-19-9-7-17-27(29)37(26-15-5-2-6-16-26)28-18-8-10-20-30(28)38/h1-24H. The molecular weight excluding hydrogens is 529 g/mol. The fourth-order valence-electron chi connectivity index (χ4n) is 6.67. The first kappa shape index (κ1) is 23.5. The monoisotopic (exact) mass is 552 g/mol. The van der Waals surface area contributed by atoms with Gasteiger partial charge in [-0.15, -0.1) is 11.3 Å². The Hall–Kier alpha value is -5.18. The van der Waals surface area contributed by atoms with Crippen LogP contribution in [0.1, 0.15) is 0 Å². The molecule has 2 heterocycles. The Labute approximate surface area is 246 Å². The summed E-state index contributed by atoms with van der Waals surface area (Å²) < 4.78 is 9.34. The predicted octanol–water partition coefficient (Wildman–Crippen LogP) is 12.1. The van der Waals surface area contributed by atoms with E-state index in [-0.39, 0.29) is 0 Å². The van der Waals surface area contributed by atoms with Crippen LogP contribution in [-0.2, 0) is 0 Å². The van der Waals surface area contributed by atoms with Gasteiger partial charge in [-0.05, 0) is 62.0 Å². The zero-order chi connectivity index (χ0) is 27.6. The lowest BCUT2D eigenvalue weighted by Crippen LogP contribution is -1.91. The van der Waals surface area contributed by atoms with E-state index in [9.17, 15) is 0 Å². The van der Waals surface area contributed by atoms with Crippen LogP contribution in [0.15, 0.2) is 150 Å². The van der Waals surface area contributed by atoms with E-state index in [1.54, 1.807) is 0 Å². The normalized spacial score (nSPS) is 11.8. The Morgan fingerprint density at radius 3 is 1.57 bits per heavy atom. The van der Waals surface area contributed by atoms with Gasteiger partial charge >= 0.3 is 0 Å². The first-order valence-corrected chi connectivity index (χ1v) is 15.1. The van der Waals surface area contributed by atoms with Crippen LogP contribution < -0.4 is 0 Å². The second kappa shape index (κ2) is 9.17. The van der Waals surface area contributed by atoms with Gasteiger partial charge in [0.2, 0.25) is 0 Å². The highest BCUT2D eigenvalue weighted by Gasteiger charge is 2.22. The first-order valence-electron chi connectivity index (χ1n) is 14.3. The molecule has 7 aromatic carbocycles. The highest BCUT2D eigenvalue weighted by Crippen LogP contribution is 2.49. The minimum absolute atomic E-state index is 0.893. The molecule has 1 nitrogen and oxygen atoms in total. The summed E-state index contributed by atoms with van der Waals surface area (Å²) >= 11 is 1.84.